The maximum atomic E-state index is 11.2. The minimum absolute atomic E-state index is 0.0632. The number of nitrogens with zero attached hydrogens (tertiary/aromatic N) is 1. The molecular formula is C9H11NO4S. The van der Waals surface area contributed by atoms with Crippen LogP contribution in [0.25, 0.3) is 0 Å². The van der Waals surface area contributed by atoms with Crippen LogP contribution in [0.4, 0.5) is 0 Å². The summed E-state index contributed by atoms with van der Waals surface area (Å²) in [5.74, 6) is -1.16. The lowest BCUT2D eigenvalue weighted by Crippen LogP contribution is -2.07. The van der Waals surface area contributed by atoms with E-state index in [2.05, 4.69) is 4.98 Å². The van der Waals surface area contributed by atoms with Crippen molar-refractivity contribution < 1.29 is 18.3 Å². The Balaban J connectivity index is 2.86. The number of hydrogen-bond donors (Lipinski definition) is 1. The number of sulfone groups is 1. The average Bonchev–Trinajstić information content (AvgIpc) is 2.18. The van der Waals surface area contributed by atoms with Gasteiger partial charge in [0.05, 0.1) is 5.75 Å². The predicted octanol–water partition coefficient (Wildman–Crippen LogP) is 0.715. The van der Waals surface area contributed by atoms with Crippen molar-refractivity contribution in [3.8, 4) is 0 Å². The van der Waals surface area contributed by atoms with Gasteiger partial charge in [-0.3, -0.25) is 0 Å². The van der Waals surface area contributed by atoms with E-state index in [1.54, 1.807) is 6.92 Å². The molecule has 0 spiro atoms. The lowest BCUT2D eigenvalue weighted by atomic mass is 10.3. The monoisotopic (exact) mass is 229 g/mol. The molecule has 0 radical (unpaired) electrons. The molecule has 0 aliphatic carbocycles. The molecule has 15 heavy (non-hydrogen) atoms. The Morgan fingerprint density at radius 2 is 2.13 bits per heavy atom. The van der Waals surface area contributed by atoms with Crippen LogP contribution in [0.5, 0.6) is 0 Å². The first-order valence-electron chi connectivity index (χ1n) is 4.33. The highest BCUT2D eigenvalue weighted by molar-refractivity contribution is 7.90. The molecule has 1 rings (SSSR count). The standard InChI is InChI=1S/C9H11NO4S/c1-2-15(13,14)6-7-3-4-8(9(11)12)10-5-7/h3-5H,2,6H2,1H3,(H,11,12). The van der Waals surface area contributed by atoms with E-state index in [-0.39, 0.29) is 17.2 Å². The minimum Gasteiger partial charge on any atom is -0.477 e. The number of carboxylic acids is 1. The summed E-state index contributed by atoms with van der Waals surface area (Å²) in [5, 5.41) is 8.57. The number of carbonyl (C=O) groups is 1. The molecule has 0 saturated heterocycles. The zero-order valence-corrected chi connectivity index (χ0v) is 8.99. The van der Waals surface area contributed by atoms with Crippen molar-refractivity contribution in [2.45, 2.75) is 12.7 Å². The Hall–Kier alpha value is -1.43. The Bertz CT molecular complexity index is 450. The first-order valence-corrected chi connectivity index (χ1v) is 6.15. The van der Waals surface area contributed by atoms with E-state index in [4.69, 9.17) is 5.11 Å². The molecule has 0 atom stereocenters. The molecule has 0 bridgehead atoms. The van der Waals surface area contributed by atoms with Crippen molar-refractivity contribution >= 4 is 15.8 Å². The third kappa shape index (κ3) is 3.32. The summed E-state index contributed by atoms with van der Waals surface area (Å²) in [5.41, 5.74) is 0.412. The number of carboxylic acid groups (broad SMARTS) is 1. The van der Waals surface area contributed by atoms with Crippen LogP contribution in [0, 0.1) is 0 Å². The quantitative estimate of drug-likeness (QED) is 0.822. The van der Waals surface area contributed by atoms with Gasteiger partial charge < -0.3 is 5.11 Å². The largest absolute Gasteiger partial charge is 0.477 e. The molecule has 0 unspecified atom stereocenters. The van der Waals surface area contributed by atoms with E-state index in [0.717, 1.165) is 0 Å². The van der Waals surface area contributed by atoms with E-state index in [1.165, 1.54) is 18.3 Å². The summed E-state index contributed by atoms with van der Waals surface area (Å²) < 4.78 is 22.5. The first-order chi connectivity index (χ1) is 6.94. The molecule has 0 aliphatic rings. The highest BCUT2D eigenvalue weighted by atomic mass is 32.2. The summed E-state index contributed by atoms with van der Waals surface area (Å²) in [6.45, 7) is 1.56. The number of aromatic nitrogens is 1. The number of rotatable bonds is 4. The number of pyridine rings is 1. The van der Waals surface area contributed by atoms with Crippen LogP contribution >= 0.6 is 0 Å². The molecule has 1 heterocycles. The van der Waals surface area contributed by atoms with Gasteiger partial charge in [-0.2, -0.15) is 0 Å². The van der Waals surface area contributed by atoms with Gasteiger partial charge in [0.1, 0.15) is 5.69 Å². The van der Waals surface area contributed by atoms with E-state index in [1.807, 2.05) is 0 Å². The lowest BCUT2D eigenvalue weighted by Gasteiger charge is -2.01. The van der Waals surface area contributed by atoms with Gasteiger partial charge in [0, 0.05) is 11.9 Å². The van der Waals surface area contributed by atoms with Gasteiger partial charge in [-0.05, 0) is 11.6 Å². The van der Waals surface area contributed by atoms with Crippen LogP contribution in [0.3, 0.4) is 0 Å². The molecule has 1 aromatic rings. The van der Waals surface area contributed by atoms with Gasteiger partial charge in [-0.15, -0.1) is 0 Å². The van der Waals surface area contributed by atoms with Crippen molar-refractivity contribution in [2.24, 2.45) is 0 Å². The van der Waals surface area contributed by atoms with Crippen LogP contribution < -0.4 is 0 Å². The molecule has 0 aliphatic heterocycles. The van der Waals surface area contributed by atoms with E-state index in [9.17, 15) is 13.2 Å². The second-order valence-electron chi connectivity index (χ2n) is 3.03. The van der Waals surface area contributed by atoms with Crippen LogP contribution in [0.15, 0.2) is 18.3 Å². The van der Waals surface area contributed by atoms with Crippen molar-refractivity contribution in [2.75, 3.05) is 5.75 Å². The third-order valence-electron chi connectivity index (χ3n) is 1.87. The third-order valence-corrected chi connectivity index (χ3v) is 3.52. The van der Waals surface area contributed by atoms with Crippen LogP contribution in [0.1, 0.15) is 23.0 Å². The normalized spacial score (nSPS) is 11.3. The summed E-state index contributed by atoms with van der Waals surface area (Å²) in [7, 11) is -3.09. The molecule has 5 nitrogen and oxygen atoms in total. The van der Waals surface area contributed by atoms with Gasteiger partial charge in [0.15, 0.2) is 9.84 Å². The fourth-order valence-corrected chi connectivity index (χ4v) is 1.88. The smallest absolute Gasteiger partial charge is 0.354 e. The molecule has 1 aromatic heterocycles. The minimum atomic E-state index is -3.09. The number of hydrogen-bond acceptors (Lipinski definition) is 4. The Morgan fingerprint density at radius 3 is 2.53 bits per heavy atom. The van der Waals surface area contributed by atoms with Crippen molar-refractivity contribution in [3.63, 3.8) is 0 Å². The van der Waals surface area contributed by atoms with E-state index in [0.29, 0.717) is 5.56 Å². The van der Waals surface area contributed by atoms with Crippen molar-refractivity contribution in [3.05, 3.63) is 29.6 Å². The van der Waals surface area contributed by atoms with Gasteiger partial charge >= 0.3 is 5.97 Å². The summed E-state index contributed by atoms with van der Waals surface area (Å²) in [4.78, 5) is 14.1. The highest BCUT2D eigenvalue weighted by Gasteiger charge is 2.10. The fourth-order valence-electron chi connectivity index (χ4n) is 0.992. The zero-order chi connectivity index (χ0) is 11.5. The van der Waals surface area contributed by atoms with Gasteiger partial charge in [-0.25, -0.2) is 18.2 Å². The topological polar surface area (TPSA) is 84.3 Å². The van der Waals surface area contributed by atoms with Crippen LogP contribution in [-0.2, 0) is 15.6 Å². The fraction of sp³-hybridized carbons (Fsp3) is 0.333. The molecule has 0 aromatic carbocycles. The zero-order valence-electron chi connectivity index (χ0n) is 8.17. The average molecular weight is 229 g/mol. The van der Waals surface area contributed by atoms with Gasteiger partial charge in [0.25, 0.3) is 0 Å². The predicted molar refractivity (Wildman–Crippen MR) is 54.4 cm³/mol. The number of aromatic carboxylic acids is 1. The SMILES string of the molecule is CCS(=O)(=O)Cc1ccc(C(=O)O)nc1. The maximum absolute atomic E-state index is 11.2. The molecule has 0 amide bonds. The van der Waals surface area contributed by atoms with Crippen LogP contribution in [-0.4, -0.2) is 30.2 Å². The van der Waals surface area contributed by atoms with Gasteiger partial charge in [0.2, 0.25) is 0 Å². The Morgan fingerprint density at radius 1 is 1.47 bits per heavy atom. The lowest BCUT2D eigenvalue weighted by molar-refractivity contribution is 0.0690. The van der Waals surface area contributed by atoms with Crippen molar-refractivity contribution in [1.82, 2.24) is 4.98 Å². The van der Waals surface area contributed by atoms with Crippen molar-refractivity contribution in [1.29, 1.82) is 0 Å². The Kier molecular flexibility index (Phi) is 3.41. The van der Waals surface area contributed by atoms with E-state index < -0.39 is 15.8 Å². The molecule has 1 N–H and O–H groups in total. The first kappa shape index (κ1) is 11.6. The second-order valence-corrected chi connectivity index (χ2v) is 5.39. The highest BCUT2D eigenvalue weighted by Crippen LogP contribution is 2.06. The second kappa shape index (κ2) is 4.39. The maximum Gasteiger partial charge on any atom is 0.354 e. The van der Waals surface area contributed by atoms with Gasteiger partial charge in [-0.1, -0.05) is 13.0 Å². The summed E-state index contributed by atoms with van der Waals surface area (Å²) >= 11 is 0. The summed E-state index contributed by atoms with van der Waals surface area (Å²) in [6.07, 6.45) is 1.27. The summed E-state index contributed by atoms with van der Waals surface area (Å²) in [6, 6.07) is 2.76. The van der Waals surface area contributed by atoms with Crippen LogP contribution in [0.2, 0.25) is 0 Å². The molecule has 82 valence electrons. The molecule has 0 saturated carbocycles. The molecule has 6 heteroatoms. The molecule has 0 fully saturated rings. The molecular weight excluding hydrogens is 218 g/mol. The van der Waals surface area contributed by atoms with E-state index >= 15 is 0 Å². The Labute approximate surface area is 87.7 Å².